The minimum atomic E-state index is -0.597. The standard InChI is InChI=1S/C17H15NO3/c1-2-15(19)11-6-5-7-12(10-11)18-16(20)13-8-3-4-9-14(13)17(18)21/h3-10,15,19H,2H2,1H3/t15-/m0/s1. The molecule has 1 aliphatic heterocycles. The number of nitrogens with zero attached hydrogens (tertiary/aromatic N) is 1. The van der Waals surface area contributed by atoms with E-state index < -0.39 is 6.10 Å². The van der Waals surface area contributed by atoms with E-state index >= 15 is 0 Å². The lowest BCUT2D eigenvalue weighted by atomic mass is 10.1. The maximum atomic E-state index is 12.4. The van der Waals surface area contributed by atoms with Crippen molar-refractivity contribution in [3.8, 4) is 0 Å². The van der Waals surface area contributed by atoms with Crippen molar-refractivity contribution in [1.29, 1.82) is 0 Å². The van der Waals surface area contributed by atoms with Crippen LogP contribution < -0.4 is 4.90 Å². The van der Waals surface area contributed by atoms with Crippen LogP contribution in [0, 0.1) is 0 Å². The minimum absolute atomic E-state index is 0.321. The Balaban J connectivity index is 2.03. The summed E-state index contributed by atoms with van der Waals surface area (Å²) < 4.78 is 0. The monoisotopic (exact) mass is 281 g/mol. The highest BCUT2D eigenvalue weighted by molar-refractivity contribution is 6.34. The SMILES string of the molecule is CC[C@H](O)c1cccc(N2C(=O)c3ccccc3C2=O)c1. The minimum Gasteiger partial charge on any atom is -0.388 e. The first-order chi connectivity index (χ1) is 10.1. The molecule has 4 heteroatoms. The number of carbonyl (C=O) groups excluding carboxylic acids is 2. The summed E-state index contributed by atoms with van der Waals surface area (Å²) in [7, 11) is 0. The highest BCUT2D eigenvalue weighted by Gasteiger charge is 2.36. The number of anilines is 1. The molecule has 1 N–H and O–H groups in total. The van der Waals surface area contributed by atoms with E-state index in [0.29, 0.717) is 28.8 Å². The molecule has 0 saturated carbocycles. The molecule has 2 aromatic rings. The lowest BCUT2D eigenvalue weighted by Gasteiger charge is -2.16. The van der Waals surface area contributed by atoms with E-state index in [1.165, 1.54) is 0 Å². The molecule has 0 unspecified atom stereocenters. The van der Waals surface area contributed by atoms with Gasteiger partial charge in [-0.05, 0) is 36.2 Å². The van der Waals surface area contributed by atoms with E-state index in [2.05, 4.69) is 0 Å². The maximum absolute atomic E-state index is 12.4. The average molecular weight is 281 g/mol. The van der Waals surface area contributed by atoms with Crippen molar-refractivity contribution >= 4 is 17.5 Å². The zero-order chi connectivity index (χ0) is 15.0. The van der Waals surface area contributed by atoms with Crippen molar-refractivity contribution in [2.45, 2.75) is 19.4 Å². The van der Waals surface area contributed by atoms with Crippen LogP contribution in [0.1, 0.15) is 45.7 Å². The Kier molecular flexibility index (Phi) is 3.31. The predicted octanol–water partition coefficient (Wildman–Crippen LogP) is 2.93. The lowest BCUT2D eigenvalue weighted by molar-refractivity contribution is 0.0926. The number of carbonyl (C=O) groups is 2. The first-order valence-corrected chi connectivity index (χ1v) is 6.89. The van der Waals surface area contributed by atoms with Crippen LogP contribution in [-0.2, 0) is 0 Å². The number of aliphatic hydroxyl groups excluding tert-OH is 1. The van der Waals surface area contributed by atoms with Gasteiger partial charge >= 0.3 is 0 Å². The molecule has 0 aromatic heterocycles. The summed E-state index contributed by atoms with van der Waals surface area (Å²) in [5, 5.41) is 9.91. The Morgan fingerprint density at radius 1 is 1.00 bits per heavy atom. The summed E-state index contributed by atoms with van der Waals surface area (Å²) in [6.45, 7) is 1.87. The summed E-state index contributed by atoms with van der Waals surface area (Å²) >= 11 is 0. The Bertz CT molecular complexity index is 688. The van der Waals surface area contributed by atoms with Crippen LogP contribution >= 0.6 is 0 Å². The van der Waals surface area contributed by atoms with Crippen molar-refractivity contribution in [3.05, 3.63) is 65.2 Å². The van der Waals surface area contributed by atoms with Gasteiger partial charge in [0, 0.05) is 0 Å². The number of imide groups is 1. The van der Waals surface area contributed by atoms with Crippen LogP contribution in [0.5, 0.6) is 0 Å². The Morgan fingerprint density at radius 3 is 2.19 bits per heavy atom. The van der Waals surface area contributed by atoms with Crippen LogP contribution in [0.2, 0.25) is 0 Å². The summed E-state index contributed by atoms with van der Waals surface area (Å²) in [6, 6.07) is 13.7. The first-order valence-electron chi connectivity index (χ1n) is 6.89. The van der Waals surface area contributed by atoms with Gasteiger partial charge in [0.05, 0.1) is 22.9 Å². The smallest absolute Gasteiger partial charge is 0.266 e. The topological polar surface area (TPSA) is 57.6 Å². The van der Waals surface area contributed by atoms with Gasteiger partial charge in [0.2, 0.25) is 0 Å². The van der Waals surface area contributed by atoms with Gasteiger partial charge in [-0.25, -0.2) is 4.90 Å². The maximum Gasteiger partial charge on any atom is 0.266 e. The van der Waals surface area contributed by atoms with Crippen molar-refractivity contribution in [2.75, 3.05) is 4.90 Å². The second-order valence-electron chi connectivity index (χ2n) is 5.01. The van der Waals surface area contributed by atoms with E-state index in [9.17, 15) is 14.7 Å². The molecule has 0 saturated heterocycles. The van der Waals surface area contributed by atoms with E-state index in [1.807, 2.05) is 6.92 Å². The van der Waals surface area contributed by atoms with Crippen molar-refractivity contribution < 1.29 is 14.7 Å². The first kappa shape index (κ1) is 13.5. The molecule has 1 atom stereocenters. The molecule has 0 spiro atoms. The van der Waals surface area contributed by atoms with Crippen molar-refractivity contribution in [2.24, 2.45) is 0 Å². The van der Waals surface area contributed by atoms with E-state index in [-0.39, 0.29) is 11.8 Å². The van der Waals surface area contributed by atoms with E-state index in [4.69, 9.17) is 0 Å². The average Bonchev–Trinajstić information content (AvgIpc) is 2.78. The van der Waals surface area contributed by atoms with Crippen LogP contribution in [0.25, 0.3) is 0 Å². The zero-order valence-electron chi connectivity index (χ0n) is 11.6. The molecule has 2 amide bonds. The summed E-state index contributed by atoms with van der Waals surface area (Å²) in [4.78, 5) is 26.0. The summed E-state index contributed by atoms with van der Waals surface area (Å²) in [5.41, 5.74) is 2.03. The number of hydrogen-bond donors (Lipinski definition) is 1. The molecule has 4 nitrogen and oxygen atoms in total. The molecule has 0 radical (unpaired) electrons. The third-order valence-corrected chi connectivity index (χ3v) is 3.69. The third kappa shape index (κ3) is 2.14. The molecular formula is C17H15NO3. The van der Waals surface area contributed by atoms with Gasteiger partial charge in [0.25, 0.3) is 11.8 Å². The number of benzene rings is 2. The number of aliphatic hydroxyl groups is 1. The van der Waals surface area contributed by atoms with Gasteiger partial charge in [0.15, 0.2) is 0 Å². The Hall–Kier alpha value is -2.46. The molecular weight excluding hydrogens is 266 g/mol. The molecule has 3 rings (SSSR count). The van der Waals surface area contributed by atoms with Gasteiger partial charge in [-0.15, -0.1) is 0 Å². The molecule has 1 aliphatic rings. The van der Waals surface area contributed by atoms with Gasteiger partial charge in [-0.2, -0.15) is 0 Å². The normalized spacial score (nSPS) is 15.2. The largest absolute Gasteiger partial charge is 0.388 e. The quantitative estimate of drug-likeness (QED) is 0.880. The Labute approximate surface area is 122 Å². The van der Waals surface area contributed by atoms with Crippen LogP contribution in [0.3, 0.4) is 0 Å². The van der Waals surface area contributed by atoms with Crippen LogP contribution in [-0.4, -0.2) is 16.9 Å². The predicted molar refractivity (Wildman–Crippen MR) is 79.3 cm³/mol. The zero-order valence-corrected chi connectivity index (χ0v) is 11.6. The van der Waals surface area contributed by atoms with E-state index in [1.54, 1.807) is 48.5 Å². The second-order valence-corrected chi connectivity index (χ2v) is 5.01. The number of amides is 2. The van der Waals surface area contributed by atoms with Crippen LogP contribution in [0.4, 0.5) is 5.69 Å². The van der Waals surface area contributed by atoms with Gasteiger partial charge < -0.3 is 5.11 Å². The van der Waals surface area contributed by atoms with Crippen LogP contribution in [0.15, 0.2) is 48.5 Å². The molecule has 2 aromatic carbocycles. The number of hydrogen-bond acceptors (Lipinski definition) is 3. The molecule has 106 valence electrons. The van der Waals surface area contributed by atoms with Gasteiger partial charge in [-0.3, -0.25) is 9.59 Å². The highest BCUT2D eigenvalue weighted by atomic mass is 16.3. The Morgan fingerprint density at radius 2 is 1.62 bits per heavy atom. The fourth-order valence-corrected chi connectivity index (χ4v) is 2.53. The molecule has 1 heterocycles. The van der Waals surface area contributed by atoms with Gasteiger partial charge in [-0.1, -0.05) is 31.2 Å². The van der Waals surface area contributed by atoms with Gasteiger partial charge in [0.1, 0.15) is 0 Å². The molecule has 0 bridgehead atoms. The van der Waals surface area contributed by atoms with Crippen molar-refractivity contribution in [1.82, 2.24) is 0 Å². The lowest BCUT2D eigenvalue weighted by Crippen LogP contribution is -2.29. The summed E-state index contributed by atoms with van der Waals surface area (Å²) in [6.07, 6.45) is -0.0221. The summed E-state index contributed by atoms with van der Waals surface area (Å²) in [5.74, 6) is -0.641. The van der Waals surface area contributed by atoms with Crippen molar-refractivity contribution in [3.63, 3.8) is 0 Å². The fourth-order valence-electron chi connectivity index (χ4n) is 2.53. The highest BCUT2D eigenvalue weighted by Crippen LogP contribution is 2.30. The number of fused-ring (bicyclic) bond motifs is 1. The molecule has 21 heavy (non-hydrogen) atoms. The third-order valence-electron chi connectivity index (χ3n) is 3.69. The number of rotatable bonds is 3. The molecule has 0 fully saturated rings. The fraction of sp³-hybridized carbons (Fsp3) is 0.176. The van der Waals surface area contributed by atoms with E-state index in [0.717, 1.165) is 4.90 Å². The molecule has 0 aliphatic carbocycles. The second kappa shape index (κ2) is 5.14.